The van der Waals surface area contributed by atoms with Crippen LogP contribution >= 0.6 is 17.0 Å². The van der Waals surface area contributed by atoms with E-state index in [1.54, 1.807) is 11.1 Å². The molecule has 1 radical (unpaired) electrons. The van der Waals surface area contributed by atoms with E-state index in [9.17, 15) is 0 Å². The van der Waals surface area contributed by atoms with Crippen LogP contribution in [0.15, 0.2) is 54.1 Å². The number of benzene rings is 2. The molecule has 0 saturated heterocycles. The number of hydrogen-bond donors (Lipinski definition) is 0. The minimum absolute atomic E-state index is 0.351. The van der Waals surface area contributed by atoms with Gasteiger partial charge >= 0.3 is 37.9 Å². The maximum atomic E-state index is 4.93. The first-order valence-corrected chi connectivity index (χ1v) is 16.7. The molecule has 0 saturated carbocycles. The molecule has 2 aromatic rings. The predicted octanol–water partition coefficient (Wildman–Crippen LogP) is 6.91. The summed E-state index contributed by atoms with van der Waals surface area (Å²) in [6.45, 7) is 7.16. The number of fused-ring (bicyclic) bond motifs is 1. The Morgan fingerprint density at radius 2 is 1.65 bits per heavy atom. The van der Waals surface area contributed by atoms with E-state index in [-0.39, 0.29) is 8.80 Å². The van der Waals surface area contributed by atoms with Crippen molar-refractivity contribution in [3.63, 3.8) is 0 Å². The number of hydrogen-bond acceptors (Lipinski definition) is 0. The van der Waals surface area contributed by atoms with Gasteiger partial charge in [0.1, 0.15) is 0 Å². The molecule has 1 atom stereocenters. The molecule has 0 heterocycles. The van der Waals surface area contributed by atoms with Crippen LogP contribution in [0, 0.1) is 0 Å². The Morgan fingerprint density at radius 1 is 1.00 bits per heavy atom. The Hall–Kier alpha value is -0.140. The third-order valence-corrected chi connectivity index (χ3v) is 6.06. The van der Waals surface area contributed by atoms with Gasteiger partial charge in [0.05, 0.1) is 8.80 Å². The molecular formula is C19H21Cl2SiZr. The molecule has 3 rings (SSSR count). The first-order valence-electron chi connectivity index (χ1n) is 7.79. The van der Waals surface area contributed by atoms with E-state index in [2.05, 4.69) is 74.6 Å². The van der Waals surface area contributed by atoms with Gasteiger partial charge in [0.15, 0.2) is 0 Å². The van der Waals surface area contributed by atoms with Crippen LogP contribution in [0.5, 0.6) is 0 Å². The SMILES string of the molecule is CCC1=Cc2c(-c3ccccc3)cccc2C1[Si](C)C.[Cl][Zr][Cl]. The molecule has 23 heavy (non-hydrogen) atoms. The summed E-state index contributed by atoms with van der Waals surface area (Å²) in [5.41, 5.74) is 8.07. The summed E-state index contributed by atoms with van der Waals surface area (Å²) in [7, 11) is 9.52. The van der Waals surface area contributed by atoms with Gasteiger partial charge < -0.3 is 0 Å². The summed E-state index contributed by atoms with van der Waals surface area (Å²) in [5, 5.41) is 0. The van der Waals surface area contributed by atoms with Crippen LogP contribution in [0.1, 0.15) is 30.0 Å². The van der Waals surface area contributed by atoms with Gasteiger partial charge in [0.25, 0.3) is 0 Å². The molecule has 0 amide bonds. The monoisotopic (exact) mass is 437 g/mol. The third-order valence-electron chi connectivity index (χ3n) is 4.22. The summed E-state index contributed by atoms with van der Waals surface area (Å²) in [5.74, 6) is 0. The van der Waals surface area contributed by atoms with E-state index in [0.29, 0.717) is 5.54 Å². The van der Waals surface area contributed by atoms with Crippen LogP contribution in [0.4, 0.5) is 0 Å². The fourth-order valence-electron chi connectivity index (χ4n) is 3.32. The molecule has 0 nitrogen and oxygen atoms in total. The molecule has 0 aromatic heterocycles. The first kappa shape index (κ1) is 19.2. The van der Waals surface area contributed by atoms with E-state index in [1.165, 1.54) is 23.1 Å². The number of halogens is 2. The van der Waals surface area contributed by atoms with Gasteiger partial charge in [-0.2, -0.15) is 0 Å². The van der Waals surface area contributed by atoms with Crippen molar-refractivity contribution in [3.8, 4) is 11.1 Å². The molecule has 0 bridgehead atoms. The van der Waals surface area contributed by atoms with Crippen molar-refractivity contribution in [1.82, 2.24) is 0 Å². The Kier molecular flexibility index (Phi) is 7.82. The second kappa shape index (κ2) is 9.37. The van der Waals surface area contributed by atoms with E-state index >= 15 is 0 Å². The second-order valence-electron chi connectivity index (χ2n) is 5.83. The normalized spacial score (nSPS) is 15.6. The van der Waals surface area contributed by atoms with E-state index in [1.807, 2.05) is 0 Å². The van der Waals surface area contributed by atoms with Gasteiger partial charge in [0.2, 0.25) is 0 Å². The van der Waals surface area contributed by atoms with E-state index < -0.39 is 20.8 Å². The molecule has 2 aromatic carbocycles. The van der Waals surface area contributed by atoms with Gasteiger partial charge in [-0.05, 0) is 34.2 Å². The van der Waals surface area contributed by atoms with Gasteiger partial charge in [-0.25, -0.2) is 0 Å². The van der Waals surface area contributed by atoms with Crippen LogP contribution < -0.4 is 0 Å². The van der Waals surface area contributed by atoms with E-state index in [4.69, 9.17) is 17.0 Å². The quantitative estimate of drug-likeness (QED) is 0.456. The van der Waals surface area contributed by atoms with Crippen molar-refractivity contribution >= 4 is 31.9 Å². The minimum atomic E-state index is -0.826. The van der Waals surface area contributed by atoms with Crippen LogP contribution in [-0.4, -0.2) is 8.80 Å². The van der Waals surface area contributed by atoms with E-state index in [0.717, 1.165) is 0 Å². The molecule has 1 unspecified atom stereocenters. The standard InChI is InChI=1S/C19H21Si.2ClH.Zr/c1-4-14-13-18-16(15-9-6-5-7-10-15)11-8-12-17(18)19(14)20(2)3;;;/h5-13,19H,4H2,1-3H3;2*1H;/q;;;+2/p-2. The van der Waals surface area contributed by atoms with Gasteiger partial charge in [-0.15, -0.1) is 0 Å². The molecule has 0 spiro atoms. The molecule has 1 aliphatic carbocycles. The molecule has 119 valence electrons. The topological polar surface area (TPSA) is 0 Å². The van der Waals surface area contributed by atoms with Crippen molar-refractivity contribution in [1.29, 1.82) is 0 Å². The van der Waals surface area contributed by atoms with Gasteiger partial charge in [0, 0.05) is 0 Å². The fraction of sp³-hybridized carbons (Fsp3) is 0.263. The van der Waals surface area contributed by atoms with Crippen molar-refractivity contribution in [2.75, 3.05) is 0 Å². The van der Waals surface area contributed by atoms with Crippen LogP contribution in [0.3, 0.4) is 0 Å². The maximum absolute atomic E-state index is 4.93. The Bertz CT molecular complexity index is 668. The molecular weight excluding hydrogens is 418 g/mol. The zero-order valence-electron chi connectivity index (χ0n) is 13.7. The summed E-state index contributed by atoms with van der Waals surface area (Å²) in [4.78, 5) is 0. The zero-order valence-corrected chi connectivity index (χ0v) is 18.7. The average molecular weight is 440 g/mol. The fourth-order valence-corrected chi connectivity index (χ4v) is 5.22. The molecule has 0 N–H and O–H groups in total. The molecule has 1 aliphatic rings. The van der Waals surface area contributed by atoms with Crippen molar-refractivity contribution in [2.45, 2.75) is 32.0 Å². The summed E-state index contributed by atoms with van der Waals surface area (Å²) >= 11 is -0.826. The molecule has 0 fully saturated rings. The third kappa shape index (κ3) is 4.48. The summed E-state index contributed by atoms with van der Waals surface area (Å²) in [6, 6.07) is 17.6. The molecule has 0 aliphatic heterocycles. The van der Waals surface area contributed by atoms with Gasteiger partial charge in [-0.1, -0.05) is 80.2 Å². The zero-order chi connectivity index (χ0) is 16.8. The average Bonchev–Trinajstić information content (AvgIpc) is 2.95. The second-order valence-corrected chi connectivity index (χ2v) is 12.3. The van der Waals surface area contributed by atoms with Crippen LogP contribution in [0.2, 0.25) is 13.1 Å². The summed E-state index contributed by atoms with van der Waals surface area (Å²) < 4.78 is 0. The van der Waals surface area contributed by atoms with Crippen LogP contribution in [-0.2, 0) is 20.8 Å². The Morgan fingerprint density at radius 3 is 2.22 bits per heavy atom. The van der Waals surface area contributed by atoms with Crippen molar-refractivity contribution in [2.24, 2.45) is 0 Å². The van der Waals surface area contributed by atoms with Crippen molar-refractivity contribution in [3.05, 3.63) is 65.2 Å². The number of allylic oxidation sites excluding steroid dienone is 1. The van der Waals surface area contributed by atoms with Crippen molar-refractivity contribution < 1.29 is 20.8 Å². The van der Waals surface area contributed by atoms with Gasteiger partial charge in [-0.3, -0.25) is 0 Å². The first-order chi connectivity index (χ1) is 11.1. The summed E-state index contributed by atoms with van der Waals surface area (Å²) in [6.07, 6.45) is 3.63. The predicted molar refractivity (Wildman–Crippen MR) is 102 cm³/mol. The molecule has 4 heteroatoms. The number of rotatable bonds is 3. The Labute approximate surface area is 160 Å². The van der Waals surface area contributed by atoms with Crippen LogP contribution in [0.25, 0.3) is 17.2 Å². The Balaban J connectivity index is 0.000000595.